The first kappa shape index (κ1) is 18.2. The van der Waals surface area contributed by atoms with Crippen LogP contribution in [0.4, 0.5) is 5.82 Å². The van der Waals surface area contributed by atoms with E-state index in [1.807, 2.05) is 26.0 Å². The van der Waals surface area contributed by atoms with Crippen molar-refractivity contribution in [3.63, 3.8) is 0 Å². The minimum absolute atomic E-state index is 0.0164. The van der Waals surface area contributed by atoms with Crippen LogP contribution < -0.4 is 10.5 Å². The van der Waals surface area contributed by atoms with Gasteiger partial charge in [-0.1, -0.05) is 30.0 Å². The molecule has 27 heavy (non-hydrogen) atoms. The van der Waals surface area contributed by atoms with Crippen LogP contribution in [0.15, 0.2) is 34.1 Å². The number of anilines is 1. The Morgan fingerprint density at radius 1 is 1.22 bits per heavy atom. The molecule has 0 bridgehead atoms. The number of pyridine rings is 1. The van der Waals surface area contributed by atoms with E-state index in [1.165, 1.54) is 16.2 Å². The quantitative estimate of drug-likeness (QED) is 0.583. The van der Waals surface area contributed by atoms with Gasteiger partial charge < -0.3 is 4.90 Å². The highest BCUT2D eigenvalue weighted by Crippen LogP contribution is 2.35. The summed E-state index contributed by atoms with van der Waals surface area (Å²) in [5.41, 5.74) is 0.887. The summed E-state index contributed by atoms with van der Waals surface area (Å²) < 4.78 is 2.05. The molecule has 2 fully saturated rings. The van der Waals surface area contributed by atoms with E-state index in [-0.39, 0.29) is 17.5 Å². The van der Waals surface area contributed by atoms with E-state index >= 15 is 0 Å². The van der Waals surface area contributed by atoms with Crippen molar-refractivity contribution in [2.75, 3.05) is 18.0 Å². The molecule has 2 aliphatic rings. The molecule has 0 atom stereocenters. The molecule has 140 valence electrons. The number of aromatic nitrogens is 2. The van der Waals surface area contributed by atoms with Gasteiger partial charge in [-0.2, -0.15) is 0 Å². The zero-order valence-corrected chi connectivity index (χ0v) is 16.8. The van der Waals surface area contributed by atoms with Crippen molar-refractivity contribution in [3.05, 3.63) is 45.2 Å². The highest BCUT2D eigenvalue weighted by atomic mass is 32.2. The molecule has 0 N–H and O–H groups in total. The number of carbonyl (C=O) groups excluding carboxylic acids is 1. The zero-order chi connectivity index (χ0) is 19.1. The Morgan fingerprint density at radius 2 is 1.96 bits per heavy atom. The minimum Gasteiger partial charge on any atom is -0.356 e. The van der Waals surface area contributed by atoms with E-state index < -0.39 is 0 Å². The third-order valence-electron chi connectivity index (χ3n) is 4.77. The third kappa shape index (κ3) is 3.17. The maximum absolute atomic E-state index is 13.2. The van der Waals surface area contributed by atoms with Crippen LogP contribution in [0.25, 0.3) is 11.7 Å². The van der Waals surface area contributed by atoms with Crippen molar-refractivity contribution >= 4 is 51.7 Å². The molecule has 0 spiro atoms. The normalized spacial score (nSPS) is 19.3. The third-order valence-corrected chi connectivity index (χ3v) is 6.10. The number of hydrogen-bond donors (Lipinski definition) is 0. The molecule has 0 radical (unpaired) electrons. The fourth-order valence-electron chi connectivity index (χ4n) is 3.44. The van der Waals surface area contributed by atoms with E-state index in [4.69, 9.17) is 17.2 Å². The molecule has 0 saturated carbocycles. The molecule has 4 heterocycles. The summed E-state index contributed by atoms with van der Waals surface area (Å²) in [4.78, 5) is 34.9. The molecule has 0 aliphatic carbocycles. The van der Waals surface area contributed by atoms with Gasteiger partial charge in [-0.05, 0) is 44.9 Å². The van der Waals surface area contributed by atoms with Crippen molar-refractivity contribution in [3.8, 4) is 0 Å². The summed E-state index contributed by atoms with van der Waals surface area (Å²) in [5, 5.41) is 0. The molecule has 6 nitrogen and oxygen atoms in total. The first-order chi connectivity index (χ1) is 13.0. The van der Waals surface area contributed by atoms with Gasteiger partial charge in [-0.25, -0.2) is 4.98 Å². The highest BCUT2D eigenvalue weighted by molar-refractivity contribution is 8.26. The Morgan fingerprint density at radius 3 is 2.63 bits per heavy atom. The van der Waals surface area contributed by atoms with E-state index in [2.05, 4.69) is 4.90 Å². The molecule has 4 rings (SSSR count). The van der Waals surface area contributed by atoms with E-state index in [0.29, 0.717) is 26.3 Å². The highest BCUT2D eigenvalue weighted by Gasteiger charge is 2.34. The standard InChI is InChI=1S/C19H20N4O2S2/c1-12(2)23-18(25)14(27-19(23)26)11-13-16(21-8-5-6-9-21)20-15-7-3-4-10-22(15)17(13)24/h3-4,7,10-12H,5-6,8-9H2,1-2H3/b14-11+. The molecule has 8 heteroatoms. The van der Waals surface area contributed by atoms with Crippen molar-refractivity contribution in [2.24, 2.45) is 0 Å². The van der Waals surface area contributed by atoms with Gasteiger partial charge in [0, 0.05) is 25.3 Å². The summed E-state index contributed by atoms with van der Waals surface area (Å²) in [6, 6.07) is 5.47. The second-order valence-corrected chi connectivity index (χ2v) is 8.60. The second-order valence-electron chi connectivity index (χ2n) is 6.92. The number of hydrogen-bond acceptors (Lipinski definition) is 6. The van der Waals surface area contributed by atoms with Gasteiger partial charge in [-0.15, -0.1) is 0 Å². The molecule has 2 saturated heterocycles. The van der Waals surface area contributed by atoms with Gasteiger partial charge in [0.05, 0.1) is 10.5 Å². The van der Waals surface area contributed by atoms with Crippen LogP contribution in [0.5, 0.6) is 0 Å². The monoisotopic (exact) mass is 400 g/mol. The first-order valence-electron chi connectivity index (χ1n) is 9.01. The van der Waals surface area contributed by atoms with Crippen LogP contribution in [0.2, 0.25) is 0 Å². The van der Waals surface area contributed by atoms with Gasteiger partial charge in [-0.3, -0.25) is 18.9 Å². The Labute approximate surface area is 166 Å². The number of thioether (sulfide) groups is 1. The number of fused-ring (bicyclic) bond motifs is 1. The number of rotatable bonds is 3. The van der Waals surface area contributed by atoms with Crippen molar-refractivity contribution in [2.45, 2.75) is 32.7 Å². The van der Waals surface area contributed by atoms with Crippen LogP contribution in [0.1, 0.15) is 32.3 Å². The fourth-order valence-corrected chi connectivity index (χ4v) is 4.95. The Hall–Kier alpha value is -2.19. The van der Waals surface area contributed by atoms with Gasteiger partial charge >= 0.3 is 0 Å². The van der Waals surface area contributed by atoms with Crippen LogP contribution in [-0.2, 0) is 4.79 Å². The SMILES string of the molecule is CC(C)N1C(=O)/C(=C\c2c(N3CCCC3)nc3ccccn3c2=O)SC1=S. The summed E-state index contributed by atoms with van der Waals surface area (Å²) in [5.74, 6) is 0.503. The lowest BCUT2D eigenvalue weighted by Gasteiger charge is -2.20. The van der Waals surface area contributed by atoms with E-state index in [0.717, 1.165) is 25.9 Å². The van der Waals surface area contributed by atoms with Gasteiger partial charge in [0.1, 0.15) is 15.8 Å². The Bertz CT molecular complexity index is 1020. The Balaban J connectivity index is 1.89. The van der Waals surface area contributed by atoms with Crippen LogP contribution in [0, 0.1) is 0 Å². The van der Waals surface area contributed by atoms with Crippen molar-refractivity contribution in [1.82, 2.24) is 14.3 Å². The lowest BCUT2D eigenvalue weighted by molar-refractivity contribution is -0.123. The van der Waals surface area contributed by atoms with Gasteiger partial charge in [0.2, 0.25) is 0 Å². The zero-order valence-electron chi connectivity index (χ0n) is 15.2. The molecular weight excluding hydrogens is 380 g/mol. The molecule has 0 unspecified atom stereocenters. The lowest BCUT2D eigenvalue weighted by Crippen LogP contribution is -2.34. The largest absolute Gasteiger partial charge is 0.356 e. The summed E-state index contributed by atoms with van der Waals surface area (Å²) in [7, 11) is 0. The smallest absolute Gasteiger partial charge is 0.267 e. The van der Waals surface area contributed by atoms with Crippen molar-refractivity contribution < 1.29 is 4.79 Å². The van der Waals surface area contributed by atoms with Crippen LogP contribution in [0.3, 0.4) is 0 Å². The average molecular weight is 401 g/mol. The van der Waals surface area contributed by atoms with Gasteiger partial charge in [0.25, 0.3) is 11.5 Å². The predicted molar refractivity (Wildman–Crippen MR) is 113 cm³/mol. The molecule has 0 aromatic carbocycles. The Kier molecular flexibility index (Phi) is 4.77. The number of thiocarbonyl (C=S) groups is 1. The summed E-state index contributed by atoms with van der Waals surface area (Å²) in [6.45, 7) is 5.58. The fraction of sp³-hybridized carbons (Fsp3) is 0.368. The van der Waals surface area contributed by atoms with Crippen molar-refractivity contribution in [1.29, 1.82) is 0 Å². The summed E-state index contributed by atoms with van der Waals surface area (Å²) in [6.07, 6.45) is 5.52. The van der Waals surface area contributed by atoms with Crippen LogP contribution in [-0.4, -0.2) is 43.6 Å². The number of amides is 1. The van der Waals surface area contributed by atoms with Crippen LogP contribution >= 0.6 is 24.0 Å². The number of carbonyl (C=O) groups is 1. The maximum Gasteiger partial charge on any atom is 0.267 e. The topological polar surface area (TPSA) is 57.9 Å². The molecule has 2 aliphatic heterocycles. The number of nitrogens with zero attached hydrogens (tertiary/aromatic N) is 4. The molecule has 2 aromatic rings. The maximum atomic E-state index is 13.2. The molecule has 1 amide bonds. The molecular formula is C19H20N4O2S2. The van der Waals surface area contributed by atoms with E-state index in [9.17, 15) is 9.59 Å². The molecule has 2 aromatic heterocycles. The lowest BCUT2D eigenvalue weighted by atomic mass is 10.2. The second kappa shape index (κ2) is 7.09. The van der Waals surface area contributed by atoms with E-state index in [1.54, 1.807) is 23.2 Å². The predicted octanol–water partition coefficient (Wildman–Crippen LogP) is 2.90. The minimum atomic E-state index is -0.169. The average Bonchev–Trinajstić information content (AvgIpc) is 3.25. The summed E-state index contributed by atoms with van der Waals surface area (Å²) >= 11 is 6.60. The van der Waals surface area contributed by atoms with Gasteiger partial charge in [0.15, 0.2) is 0 Å². The first-order valence-corrected chi connectivity index (χ1v) is 10.2.